The minimum atomic E-state index is 0.394. The van der Waals surface area contributed by atoms with Crippen LogP contribution in [0.25, 0.3) is 0 Å². The van der Waals surface area contributed by atoms with E-state index in [4.69, 9.17) is 35.4 Å². The molecule has 0 fully saturated rings. The Morgan fingerprint density at radius 2 is 1.92 bits per heavy atom. The van der Waals surface area contributed by atoms with E-state index in [-0.39, 0.29) is 0 Å². The summed E-state index contributed by atoms with van der Waals surface area (Å²) < 4.78 is 1.71. The van der Waals surface area contributed by atoms with Gasteiger partial charge >= 0.3 is 0 Å². The van der Waals surface area contributed by atoms with Crippen molar-refractivity contribution in [1.29, 1.82) is 0 Å². The maximum atomic E-state index is 6.01. The fourth-order valence-corrected chi connectivity index (χ4v) is 2.82. The Kier molecular flexibility index (Phi) is 5.53. The van der Waals surface area contributed by atoms with Crippen LogP contribution in [0.3, 0.4) is 0 Å². The lowest BCUT2D eigenvalue weighted by Gasteiger charge is -2.10. The van der Waals surface area contributed by atoms with E-state index in [0.717, 1.165) is 16.8 Å². The number of hydrogen-bond acceptors (Lipinski definition) is 3. The van der Waals surface area contributed by atoms with Crippen molar-refractivity contribution in [3.05, 3.63) is 70.0 Å². The number of benzene rings is 2. The van der Waals surface area contributed by atoms with E-state index in [0.29, 0.717) is 27.7 Å². The first-order valence-electron chi connectivity index (χ1n) is 7.47. The predicted molar refractivity (Wildman–Crippen MR) is 107 cm³/mol. The Morgan fingerprint density at radius 1 is 1.12 bits per heavy atom. The van der Waals surface area contributed by atoms with Crippen LogP contribution < -0.4 is 10.6 Å². The summed E-state index contributed by atoms with van der Waals surface area (Å²) in [6.45, 7) is 2.54. The molecule has 25 heavy (non-hydrogen) atoms. The van der Waals surface area contributed by atoms with Gasteiger partial charge in [0.25, 0.3) is 0 Å². The lowest BCUT2D eigenvalue weighted by atomic mass is 10.2. The molecule has 0 saturated heterocycles. The number of nitrogens with zero attached hydrogens (tertiary/aromatic N) is 3. The van der Waals surface area contributed by atoms with Crippen molar-refractivity contribution in [2.45, 2.75) is 13.5 Å². The first-order valence-corrected chi connectivity index (χ1v) is 8.64. The third-order valence-electron chi connectivity index (χ3n) is 3.44. The van der Waals surface area contributed by atoms with Gasteiger partial charge in [0.1, 0.15) is 6.33 Å². The average molecular weight is 392 g/mol. The Morgan fingerprint density at radius 3 is 2.72 bits per heavy atom. The zero-order valence-corrected chi connectivity index (χ0v) is 15.7. The first-order chi connectivity index (χ1) is 12.0. The average Bonchev–Trinajstić information content (AvgIpc) is 2.97. The zero-order chi connectivity index (χ0) is 17.8. The van der Waals surface area contributed by atoms with Crippen LogP contribution in [0.15, 0.2) is 48.8 Å². The topological polar surface area (TPSA) is 54.8 Å². The molecule has 8 heteroatoms. The van der Waals surface area contributed by atoms with Crippen LogP contribution in [-0.2, 0) is 6.54 Å². The van der Waals surface area contributed by atoms with Gasteiger partial charge in [-0.3, -0.25) is 5.32 Å². The fourth-order valence-electron chi connectivity index (χ4n) is 2.23. The summed E-state index contributed by atoms with van der Waals surface area (Å²) in [6, 6.07) is 13.2. The summed E-state index contributed by atoms with van der Waals surface area (Å²) in [5.74, 6) is 0.416. The molecule has 2 N–H and O–H groups in total. The van der Waals surface area contributed by atoms with Gasteiger partial charge in [-0.1, -0.05) is 41.4 Å². The molecule has 5 nitrogen and oxygen atoms in total. The normalized spacial score (nSPS) is 10.5. The lowest BCUT2D eigenvalue weighted by Crippen LogP contribution is -2.20. The monoisotopic (exact) mass is 391 g/mol. The summed E-state index contributed by atoms with van der Waals surface area (Å²) in [5.41, 5.74) is 2.91. The molecular formula is C17H15Cl2N5S. The molecule has 0 unspecified atom stereocenters. The standard InChI is InChI=1S/C17H15Cl2N5S/c1-11-5-6-14(19)8-15(11)21-17(25)22-16-20-10-24(23-16)9-12-3-2-4-13(18)7-12/h2-8,10H,9H2,1H3,(H2,21,22,23,25). The van der Waals surface area contributed by atoms with Crippen molar-refractivity contribution in [3.63, 3.8) is 0 Å². The second-order valence-electron chi connectivity index (χ2n) is 5.43. The highest BCUT2D eigenvalue weighted by atomic mass is 35.5. The number of thiocarbonyl (C=S) groups is 1. The largest absolute Gasteiger partial charge is 0.332 e. The van der Waals surface area contributed by atoms with Gasteiger partial charge in [-0.25, -0.2) is 9.67 Å². The minimum Gasteiger partial charge on any atom is -0.332 e. The molecule has 0 atom stereocenters. The molecule has 0 spiro atoms. The maximum Gasteiger partial charge on any atom is 0.248 e. The predicted octanol–water partition coefficient (Wildman–Crippen LogP) is 4.75. The van der Waals surface area contributed by atoms with Crippen LogP contribution in [0.2, 0.25) is 10.0 Å². The van der Waals surface area contributed by atoms with E-state index in [1.54, 1.807) is 11.0 Å². The maximum absolute atomic E-state index is 6.01. The third kappa shape index (κ3) is 4.92. The van der Waals surface area contributed by atoms with Crippen molar-refractivity contribution in [1.82, 2.24) is 14.8 Å². The highest BCUT2D eigenvalue weighted by molar-refractivity contribution is 7.80. The van der Waals surface area contributed by atoms with Crippen LogP contribution >= 0.6 is 35.4 Å². The van der Waals surface area contributed by atoms with Gasteiger partial charge in [-0.15, -0.1) is 5.10 Å². The van der Waals surface area contributed by atoms with E-state index in [1.807, 2.05) is 49.4 Å². The zero-order valence-electron chi connectivity index (χ0n) is 13.3. The molecule has 0 amide bonds. The minimum absolute atomic E-state index is 0.394. The van der Waals surface area contributed by atoms with Gasteiger partial charge in [0.05, 0.1) is 6.54 Å². The Hall–Kier alpha value is -2.15. The molecule has 0 bridgehead atoms. The van der Waals surface area contributed by atoms with Crippen LogP contribution in [-0.4, -0.2) is 19.9 Å². The highest BCUT2D eigenvalue weighted by Crippen LogP contribution is 2.20. The quantitative estimate of drug-likeness (QED) is 0.628. The summed E-state index contributed by atoms with van der Waals surface area (Å²) in [7, 11) is 0. The van der Waals surface area contributed by atoms with Crippen molar-refractivity contribution < 1.29 is 0 Å². The van der Waals surface area contributed by atoms with Crippen molar-refractivity contribution in [3.8, 4) is 0 Å². The molecule has 3 rings (SSSR count). The van der Waals surface area contributed by atoms with E-state index in [9.17, 15) is 0 Å². The Bertz CT molecular complexity index is 910. The SMILES string of the molecule is Cc1ccc(Cl)cc1NC(=S)Nc1ncn(Cc2cccc(Cl)c2)n1. The summed E-state index contributed by atoms with van der Waals surface area (Å²) in [4.78, 5) is 4.21. The first kappa shape index (κ1) is 17.7. The van der Waals surface area contributed by atoms with E-state index in [2.05, 4.69) is 20.7 Å². The molecule has 128 valence electrons. The van der Waals surface area contributed by atoms with Crippen LogP contribution in [0.1, 0.15) is 11.1 Å². The van der Waals surface area contributed by atoms with Gasteiger partial charge < -0.3 is 5.32 Å². The smallest absolute Gasteiger partial charge is 0.248 e. The van der Waals surface area contributed by atoms with Crippen molar-refractivity contribution in [2.24, 2.45) is 0 Å². The summed E-state index contributed by atoms with van der Waals surface area (Å²) >= 11 is 17.3. The third-order valence-corrected chi connectivity index (χ3v) is 4.12. The molecular weight excluding hydrogens is 377 g/mol. The molecule has 0 aliphatic carbocycles. The van der Waals surface area contributed by atoms with E-state index >= 15 is 0 Å². The molecule has 2 aromatic carbocycles. The second-order valence-corrected chi connectivity index (χ2v) is 6.72. The molecule has 0 saturated carbocycles. The van der Waals surface area contributed by atoms with Gasteiger partial charge in [0.2, 0.25) is 5.95 Å². The number of halogens is 2. The summed E-state index contributed by atoms with van der Waals surface area (Å²) in [5, 5.41) is 12.1. The summed E-state index contributed by atoms with van der Waals surface area (Å²) in [6.07, 6.45) is 1.64. The van der Waals surface area contributed by atoms with Crippen LogP contribution in [0.5, 0.6) is 0 Å². The number of anilines is 2. The number of aromatic nitrogens is 3. The number of aryl methyl sites for hydroxylation is 1. The fraction of sp³-hybridized carbons (Fsp3) is 0.118. The Labute approximate surface area is 161 Å². The van der Waals surface area contributed by atoms with Gasteiger partial charge in [-0.05, 0) is 54.5 Å². The number of rotatable bonds is 4. The van der Waals surface area contributed by atoms with E-state index < -0.39 is 0 Å². The van der Waals surface area contributed by atoms with Gasteiger partial charge in [0, 0.05) is 15.7 Å². The van der Waals surface area contributed by atoms with E-state index in [1.165, 1.54) is 0 Å². The van der Waals surface area contributed by atoms with Gasteiger partial charge in [-0.2, -0.15) is 0 Å². The molecule has 0 aliphatic rings. The molecule has 3 aromatic rings. The highest BCUT2D eigenvalue weighted by Gasteiger charge is 2.06. The molecule has 1 aromatic heterocycles. The van der Waals surface area contributed by atoms with Crippen LogP contribution in [0, 0.1) is 6.92 Å². The van der Waals surface area contributed by atoms with Crippen molar-refractivity contribution >= 4 is 52.2 Å². The van der Waals surface area contributed by atoms with Crippen molar-refractivity contribution in [2.75, 3.05) is 10.6 Å². The molecule has 1 heterocycles. The molecule has 0 aliphatic heterocycles. The second kappa shape index (κ2) is 7.82. The Balaban J connectivity index is 1.62. The number of hydrogen-bond donors (Lipinski definition) is 2. The van der Waals surface area contributed by atoms with Gasteiger partial charge in [0.15, 0.2) is 5.11 Å². The van der Waals surface area contributed by atoms with Crippen LogP contribution in [0.4, 0.5) is 11.6 Å². The molecule has 0 radical (unpaired) electrons. The number of nitrogens with one attached hydrogen (secondary N) is 2. The lowest BCUT2D eigenvalue weighted by molar-refractivity contribution is 0.687.